The van der Waals surface area contributed by atoms with Crippen LogP contribution < -0.4 is 0 Å². The highest BCUT2D eigenvalue weighted by Crippen LogP contribution is 2.29. The Hall–Kier alpha value is -2.16. The summed E-state index contributed by atoms with van der Waals surface area (Å²) in [6.07, 6.45) is 4.78. The number of Topliss-reactive ketones (excluding diaryl/α,β-unsaturated/α-hetero) is 1. The van der Waals surface area contributed by atoms with Crippen LogP contribution in [0.3, 0.4) is 0 Å². The lowest BCUT2D eigenvalue weighted by atomic mass is 10.1. The molecule has 0 aliphatic heterocycles. The van der Waals surface area contributed by atoms with E-state index in [9.17, 15) is 4.79 Å². The normalized spacial score (nSPS) is 11.3. The fourth-order valence-electron chi connectivity index (χ4n) is 2.63. The molecule has 0 spiro atoms. The van der Waals surface area contributed by atoms with Gasteiger partial charge in [0.25, 0.3) is 0 Å². The van der Waals surface area contributed by atoms with Crippen molar-refractivity contribution in [2.24, 2.45) is 0 Å². The molecular weight excluding hydrogens is 236 g/mol. The molecule has 0 fully saturated rings. The van der Waals surface area contributed by atoms with E-state index in [-0.39, 0.29) is 5.78 Å². The molecule has 3 rings (SSSR count). The molecule has 3 aromatic rings. The summed E-state index contributed by atoms with van der Waals surface area (Å²) in [5, 5.41) is 2.23. The van der Waals surface area contributed by atoms with E-state index < -0.39 is 0 Å². The van der Waals surface area contributed by atoms with Gasteiger partial charge in [0.2, 0.25) is 0 Å². The highest BCUT2D eigenvalue weighted by molar-refractivity contribution is 6.10. The molecular formula is C16H16N2O. The molecule has 96 valence electrons. The van der Waals surface area contributed by atoms with E-state index in [4.69, 9.17) is 0 Å². The first-order valence-electron chi connectivity index (χ1n) is 6.59. The Balaban J connectivity index is 2.41. The van der Waals surface area contributed by atoms with Crippen LogP contribution in [-0.2, 0) is 6.54 Å². The first-order chi connectivity index (χ1) is 9.22. The molecule has 0 bridgehead atoms. The maximum atomic E-state index is 11.5. The molecule has 0 saturated heterocycles. The highest BCUT2D eigenvalue weighted by atomic mass is 16.1. The summed E-state index contributed by atoms with van der Waals surface area (Å²) in [6, 6.07) is 7.97. The van der Waals surface area contributed by atoms with Crippen molar-refractivity contribution in [1.82, 2.24) is 9.55 Å². The van der Waals surface area contributed by atoms with Crippen molar-refractivity contribution in [1.29, 1.82) is 0 Å². The number of fused-ring (bicyclic) bond motifs is 3. The number of carbonyl (C=O) groups excluding carboxylic acids is 1. The zero-order chi connectivity index (χ0) is 13.4. The van der Waals surface area contributed by atoms with E-state index in [0.717, 1.165) is 29.3 Å². The molecule has 0 N–H and O–H groups in total. The van der Waals surface area contributed by atoms with Crippen LogP contribution in [0, 0.1) is 0 Å². The second-order valence-electron chi connectivity index (χ2n) is 4.83. The molecule has 0 unspecified atom stereocenters. The van der Waals surface area contributed by atoms with Crippen LogP contribution in [0.15, 0.2) is 36.7 Å². The summed E-state index contributed by atoms with van der Waals surface area (Å²) in [5.74, 6) is 0.0992. The van der Waals surface area contributed by atoms with E-state index in [2.05, 4.69) is 16.5 Å². The predicted octanol–water partition coefficient (Wildman–Crippen LogP) is 3.80. The summed E-state index contributed by atoms with van der Waals surface area (Å²) in [7, 11) is 0. The number of rotatable bonds is 3. The quantitative estimate of drug-likeness (QED) is 0.664. The third kappa shape index (κ3) is 1.82. The Morgan fingerprint density at radius 2 is 2.00 bits per heavy atom. The minimum atomic E-state index is 0.0992. The molecule has 19 heavy (non-hydrogen) atoms. The summed E-state index contributed by atoms with van der Waals surface area (Å²) in [5.41, 5.74) is 3.12. The van der Waals surface area contributed by atoms with Gasteiger partial charge in [-0.3, -0.25) is 9.78 Å². The molecule has 1 aromatic carbocycles. The van der Waals surface area contributed by atoms with Crippen molar-refractivity contribution >= 4 is 27.6 Å². The van der Waals surface area contributed by atoms with Gasteiger partial charge in [0.1, 0.15) is 0 Å². The summed E-state index contributed by atoms with van der Waals surface area (Å²) < 4.78 is 2.30. The average molecular weight is 252 g/mol. The first kappa shape index (κ1) is 11.9. The number of benzene rings is 1. The number of hydrogen-bond donors (Lipinski definition) is 0. The molecule has 3 heteroatoms. The second kappa shape index (κ2) is 4.50. The molecule has 0 saturated carbocycles. The van der Waals surface area contributed by atoms with Crippen molar-refractivity contribution in [2.45, 2.75) is 26.8 Å². The van der Waals surface area contributed by atoms with Gasteiger partial charge in [0, 0.05) is 40.8 Å². The van der Waals surface area contributed by atoms with Gasteiger partial charge in [-0.2, -0.15) is 0 Å². The van der Waals surface area contributed by atoms with Gasteiger partial charge >= 0.3 is 0 Å². The Morgan fingerprint density at radius 3 is 2.74 bits per heavy atom. The van der Waals surface area contributed by atoms with Gasteiger partial charge in [0.05, 0.1) is 5.52 Å². The summed E-state index contributed by atoms with van der Waals surface area (Å²) in [4.78, 5) is 15.7. The Morgan fingerprint density at radius 1 is 1.21 bits per heavy atom. The average Bonchev–Trinajstić information content (AvgIpc) is 2.74. The van der Waals surface area contributed by atoms with Crippen molar-refractivity contribution in [3.05, 3.63) is 42.2 Å². The van der Waals surface area contributed by atoms with Gasteiger partial charge in [0.15, 0.2) is 5.78 Å². The smallest absolute Gasteiger partial charge is 0.159 e. The number of aryl methyl sites for hydroxylation is 1. The third-order valence-electron chi connectivity index (χ3n) is 3.52. The molecule has 0 aliphatic carbocycles. The molecule has 0 radical (unpaired) electrons. The van der Waals surface area contributed by atoms with Crippen LogP contribution in [0.25, 0.3) is 21.8 Å². The monoisotopic (exact) mass is 252 g/mol. The maximum Gasteiger partial charge on any atom is 0.159 e. The van der Waals surface area contributed by atoms with Gasteiger partial charge in [-0.05, 0) is 37.6 Å². The van der Waals surface area contributed by atoms with Crippen molar-refractivity contribution < 1.29 is 4.79 Å². The lowest BCUT2D eigenvalue weighted by Crippen LogP contribution is -1.96. The third-order valence-corrected chi connectivity index (χ3v) is 3.52. The Labute approximate surface area is 111 Å². The van der Waals surface area contributed by atoms with E-state index in [0.29, 0.717) is 0 Å². The number of aromatic nitrogens is 2. The van der Waals surface area contributed by atoms with Crippen LogP contribution in [0.5, 0.6) is 0 Å². The lowest BCUT2D eigenvalue weighted by Gasteiger charge is -2.05. The maximum absolute atomic E-state index is 11.5. The highest BCUT2D eigenvalue weighted by Gasteiger charge is 2.11. The number of nitrogens with zero attached hydrogens (tertiary/aromatic N) is 2. The number of ketones is 1. The molecule has 2 aromatic heterocycles. The number of pyridine rings is 1. The van der Waals surface area contributed by atoms with Crippen LogP contribution in [0.4, 0.5) is 0 Å². The van der Waals surface area contributed by atoms with E-state index in [1.165, 1.54) is 11.0 Å². The van der Waals surface area contributed by atoms with Crippen LogP contribution in [0.1, 0.15) is 30.6 Å². The minimum Gasteiger partial charge on any atom is -0.340 e. The van der Waals surface area contributed by atoms with Crippen molar-refractivity contribution in [2.75, 3.05) is 0 Å². The van der Waals surface area contributed by atoms with Gasteiger partial charge in [-0.15, -0.1) is 0 Å². The van der Waals surface area contributed by atoms with Crippen molar-refractivity contribution in [3.63, 3.8) is 0 Å². The van der Waals surface area contributed by atoms with Gasteiger partial charge in [-0.25, -0.2) is 0 Å². The zero-order valence-electron chi connectivity index (χ0n) is 11.2. The largest absolute Gasteiger partial charge is 0.340 e. The minimum absolute atomic E-state index is 0.0992. The molecule has 0 aliphatic rings. The first-order valence-corrected chi connectivity index (χ1v) is 6.59. The van der Waals surface area contributed by atoms with Gasteiger partial charge < -0.3 is 4.57 Å². The Bertz CT molecular complexity index is 771. The number of carbonyl (C=O) groups is 1. The summed E-state index contributed by atoms with van der Waals surface area (Å²) in [6.45, 7) is 4.75. The van der Waals surface area contributed by atoms with Crippen LogP contribution >= 0.6 is 0 Å². The van der Waals surface area contributed by atoms with Crippen LogP contribution in [0.2, 0.25) is 0 Å². The predicted molar refractivity (Wildman–Crippen MR) is 77.5 cm³/mol. The fraction of sp³-hybridized carbons (Fsp3) is 0.250. The molecule has 3 nitrogen and oxygen atoms in total. The van der Waals surface area contributed by atoms with E-state index in [1.54, 1.807) is 6.92 Å². The fourth-order valence-corrected chi connectivity index (χ4v) is 2.63. The SMILES string of the molecule is CCCn1c2ccncc2c2cc(C(C)=O)ccc21. The second-order valence-corrected chi connectivity index (χ2v) is 4.83. The molecule has 0 amide bonds. The van der Waals surface area contributed by atoms with Crippen molar-refractivity contribution in [3.8, 4) is 0 Å². The lowest BCUT2D eigenvalue weighted by molar-refractivity contribution is 0.101. The Kier molecular flexibility index (Phi) is 2.82. The molecule has 2 heterocycles. The molecule has 0 atom stereocenters. The van der Waals surface area contributed by atoms with E-state index in [1.807, 2.05) is 36.7 Å². The summed E-state index contributed by atoms with van der Waals surface area (Å²) >= 11 is 0. The zero-order valence-corrected chi connectivity index (χ0v) is 11.2. The topological polar surface area (TPSA) is 34.9 Å². The number of hydrogen-bond acceptors (Lipinski definition) is 2. The van der Waals surface area contributed by atoms with Crippen LogP contribution in [-0.4, -0.2) is 15.3 Å². The van der Waals surface area contributed by atoms with E-state index >= 15 is 0 Å². The van der Waals surface area contributed by atoms with Gasteiger partial charge in [-0.1, -0.05) is 6.92 Å². The standard InChI is InChI=1S/C16H16N2O/c1-3-8-18-15-5-4-12(11(2)19)9-13(15)14-10-17-7-6-16(14)18/h4-7,9-10H,3,8H2,1-2H3.